The second kappa shape index (κ2) is 8.39. The van der Waals surface area contributed by atoms with Crippen molar-refractivity contribution in [2.24, 2.45) is 4.40 Å². The molecule has 7 heteroatoms. The zero-order valence-electron chi connectivity index (χ0n) is 14.3. The lowest BCUT2D eigenvalue weighted by Gasteiger charge is -2.26. The fourth-order valence-corrected chi connectivity index (χ4v) is 2.74. The summed E-state index contributed by atoms with van der Waals surface area (Å²) in [4.78, 5) is 12.0. The number of alkyl carbamates (subject to hydrolysis) is 1. The number of nitrogens with one attached hydrogen (secondary N) is 1. The summed E-state index contributed by atoms with van der Waals surface area (Å²) >= 11 is 0. The van der Waals surface area contributed by atoms with E-state index >= 15 is 0 Å². The van der Waals surface area contributed by atoms with Crippen LogP contribution in [-0.4, -0.2) is 40.0 Å². The van der Waals surface area contributed by atoms with Crippen LogP contribution in [0, 0.1) is 0 Å². The van der Waals surface area contributed by atoms with Gasteiger partial charge in [0.05, 0.1) is 29.7 Å². The standard InChI is InChI=1S/C17H24N2O4S/c1-17(2,3)24(21)19-14-9-10-22-12-15(14)18-16(20)23-11-13-7-5-4-6-8-13/h4-8,15H,9-12H2,1-3H3,(H,18,20)/t15?,24-/m0/s1. The van der Waals surface area contributed by atoms with Crippen molar-refractivity contribution >= 4 is 22.8 Å². The third-order valence-electron chi connectivity index (χ3n) is 3.42. The van der Waals surface area contributed by atoms with Crippen LogP contribution in [0.3, 0.4) is 0 Å². The maximum absolute atomic E-state index is 12.2. The SMILES string of the molecule is CC(C)(C)[S@](=O)N=C1CCOCC1NC(=O)OCc1ccccc1. The largest absolute Gasteiger partial charge is 0.445 e. The van der Waals surface area contributed by atoms with Crippen molar-refractivity contribution < 1.29 is 18.5 Å². The van der Waals surface area contributed by atoms with Gasteiger partial charge in [-0.15, -0.1) is 0 Å². The minimum absolute atomic E-state index is 0.195. The Labute approximate surface area is 145 Å². The molecule has 1 fully saturated rings. The normalized spacial score (nSPS) is 21.3. The van der Waals surface area contributed by atoms with Crippen LogP contribution in [0.1, 0.15) is 32.8 Å². The Morgan fingerprint density at radius 3 is 2.75 bits per heavy atom. The van der Waals surface area contributed by atoms with E-state index in [2.05, 4.69) is 9.71 Å². The molecule has 0 radical (unpaired) electrons. The maximum atomic E-state index is 12.2. The van der Waals surface area contributed by atoms with E-state index < -0.39 is 27.9 Å². The van der Waals surface area contributed by atoms with Crippen molar-refractivity contribution in [2.75, 3.05) is 13.2 Å². The van der Waals surface area contributed by atoms with Crippen LogP contribution >= 0.6 is 0 Å². The van der Waals surface area contributed by atoms with Crippen molar-refractivity contribution in [3.8, 4) is 0 Å². The van der Waals surface area contributed by atoms with Gasteiger partial charge in [-0.05, 0) is 26.3 Å². The second-order valence-electron chi connectivity index (χ2n) is 6.53. The highest BCUT2D eigenvalue weighted by atomic mass is 32.2. The van der Waals surface area contributed by atoms with Gasteiger partial charge in [-0.25, -0.2) is 9.00 Å². The quantitative estimate of drug-likeness (QED) is 0.904. The van der Waals surface area contributed by atoms with E-state index in [-0.39, 0.29) is 6.61 Å². The van der Waals surface area contributed by atoms with E-state index in [1.807, 2.05) is 51.1 Å². The second-order valence-corrected chi connectivity index (χ2v) is 8.43. The summed E-state index contributed by atoms with van der Waals surface area (Å²) in [6, 6.07) is 9.04. The van der Waals surface area contributed by atoms with E-state index in [0.717, 1.165) is 5.56 Å². The smallest absolute Gasteiger partial charge is 0.408 e. The van der Waals surface area contributed by atoms with Crippen LogP contribution in [0.5, 0.6) is 0 Å². The summed E-state index contributed by atoms with van der Waals surface area (Å²) in [5.74, 6) is 0. The van der Waals surface area contributed by atoms with Gasteiger partial charge in [0.1, 0.15) is 17.6 Å². The Hall–Kier alpha value is -1.73. The van der Waals surface area contributed by atoms with Crippen LogP contribution in [0.2, 0.25) is 0 Å². The summed E-state index contributed by atoms with van der Waals surface area (Å²) in [5, 5.41) is 2.74. The van der Waals surface area contributed by atoms with Crippen LogP contribution in [0.4, 0.5) is 4.79 Å². The van der Waals surface area contributed by atoms with Crippen LogP contribution < -0.4 is 5.32 Å². The number of ether oxygens (including phenoxy) is 2. The van der Waals surface area contributed by atoms with E-state index in [1.54, 1.807) is 0 Å². The third kappa shape index (κ3) is 5.72. The maximum Gasteiger partial charge on any atom is 0.408 e. The number of rotatable bonds is 4. The molecule has 1 aliphatic heterocycles. The Morgan fingerprint density at radius 2 is 2.08 bits per heavy atom. The fourth-order valence-electron chi connectivity index (χ4n) is 2.03. The van der Waals surface area contributed by atoms with Gasteiger partial charge in [-0.2, -0.15) is 4.40 Å². The van der Waals surface area contributed by atoms with Crippen LogP contribution in [-0.2, 0) is 27.1 Å². The van der Waals surface area contributed by atoms with Gasteiger partial charge in [0.25, 0.3) is 0 Å². The molecule has 0 bridgehead atoms. The molecule has 132 valence electrons. The molecule has 0 spiro atoms. The van der Waals surface area contributed by atoms with Gasteiger partial charge in [-0.3, -0.25) is 0 Å². The van der Waals surface area contributed by atoms with Gasteiger partial charge in [0, 0.05) is 6.42 Å². The van der Waals surface area contributed by atoms with Gasteiger partial charge in [0.15, 0.2) is 0 Å². The molecule has 1 N–H and O–H groups in total. The number of hydrogen-bond acceptors (Lipinski definition) is 4. The Morgan fingerprint density at radius 1 is 1.38 bits per heavy atom. The molecule has 0 saturated carbocycles. The highest BCUT2D eigenvalue weighted by Gasteiger charge is 2.27. The molecule has 0 aromatic heterocycles. The summed E-state index contributed by atoms with van der Waals surface area (Å²) in [6.07, 6.45) is 0.00874. The van der Waals surface area contributed by atoms with E-state index in [4.69, 9.17) is 9.47 Å². The highest BCUT2D eigenvalue weighted by Crippen LogP contribution is 2.15. The zero-order valence-corrected chi connectivity index (χ0v) is 15.1. The number of benzene rings is 1. The number of carbonyl (C=O) groups is 1. The third-order valence-corrected chi connectivity index (χ3v) is 4.87. The molecule has 2 atom stereocenters. The van der Waals surface area contributed by atoms with Crippen LogP contribution in [0.15, 0.2) is 34.7 Å². The molecule has 24 heavy (non-hydrogen) atoms. The molecule has 1 aromatic carbocycles. The molecule has 1 aromatic rings. The molecule has 0 aliphatic carbocycles. The lowest BCUT2D eigenvalue weighted by molar-refractivity contribution is 0.102. The number of hydrogen-bond donors (Lipinski definition) is 1. The monoisotopic (exact) mass is 352 g/mol. The van der Waals surface area contributed by atoms with Crippen molar-refractivity contribution in [1.29, 1.82) is 0 Å². The van der Waals surface area contributed by atoms with Gasteiger partial charge in [0.2, 0.25) is 0 Å². The molecule has 1 amide bonds. The van der Waals surface area contributed by atoms with Crippen molar-refractivity contribution in [1.82, 2.24) is 5.32 Å². The summed E-state index contributed by atoms with van der Waals surface area (Å²) in [5.41, 5.74) is 1.60. The lowest BCUT2D eigenvalue weighted by Crippen LogP contribution is -2.47. The molecule has 1 saturated heterocycles. The first-order valence-corrected chi connectivity index (χ1v) is 9.01. The van der Waals surface area contributed by atoms with E-state index in [1.165, 1.54) is 0 Å². The van der Waals surface area contributed by atoms with Crippen molar-refractivity contribution in [3.05, 3.63) is 35.9 Å². The van der Waals surface area contributed by atoms with E-state index in [0.29, 0.717) is 25.3 Å². The molecular weight excluding hydrogens is 328 g/mol. The summed E-state index contributed by atoms with van der Waals surface area (Å²) in [6.45, 7) is 6.61. The molecule has 1 aliphatic rings. The topological polar surface area (TPSA) is 77.0 Å². The first-order valence-electron chi connectivity index (χ1n) is 7.90. The summed E-state index contributed by atoms with van der Waals surface area (Å²) in [7, 11) is -1.36. The zero-order chi connectivity index (χ0) is 17.6. The fraction of sp³-hybridized carbons (Fsp3) is 0.529. The molecule has 6 nitrogen and oxygen atoms in total. The predicted molar refractivity (Wildman–Crippen MR) is 94.3 cm³/mol. The first-order chi connectivity index (χ1) is 11.4. The van der Waals surface area contributed by atoms with Gasteiger partial charge < -0.3 is 14.8 Å². The highest BCUT2D eigenvalue weighted by molar-refractivity contribution is 7.85. The van der Waals surface area contributed by atoms with Crippen molar-refractivity contribution in [3.63, 3.8) is 0 Å². The van der Waals surface area contributed by atoms with Gasteiger partial charge in [-0.1, -0.05) is 30.3 Å². The minimum Gasteiger partial charge on any atom is -0.445 e. The predicted octanol–water partition coefficient (Wildman–Crippen LogP) is 2.60. The average Bonchev–Trinajstić information content (AvgIpc) is 2.55. The number of amides is 1. The molecular formula is C17H24N2O4S. The van der Waals surface area contributed by atoms with Crippen LogP contribution in [0.25, 0.3) is 0 Å². The first kappa shape index (κ1) is 18.6. The number of nitrogens with zero attached hydrogens (tertiary/aromatic N) is 1. The number of carbonyl (C=O) groups excluding carboxylic acids is 1. The van der Waals surface area contributed by atoms with Crippen molar-refractivity contribution in [2.45, 2.75) is 44.6 Å². The lowest BCUT2D eigenvalue weighted by atomic mass is 10.1. The van der Waals surface area contributed by atoms with Gasteiger partial charge >= 0.3 is 6.09 Å². The summed E-state index contributed by atoms with van der Waals surface area (Å²) < 4.78 is 26.7. The minimum atomic E-state index is -1.36. The Kier molecular flexibility index (Phi) is 6.51. The Balaban J connectivity index is 1.94. The molecule has 2 rings (SSSR count). The molecule has 1 heterocycles. The van der Waals surface area contributed by atoms with E-state index in [9.17, 15) is 9.00 Å². The molecule has 1 unspecified atom stereocenters. The Bertz CT molecular complexity index is 611. The average molecular weight is 352 g/mol.